The van der Waals surface area contributed by atoms with Crippen molar-refractivity contribution in [2.45, 2.75) is 25.3 Å². The number of amides is 1. The van der Waals surface area contributed by atoms with Gasteiger partial charge in [0.15, 0.2) is 5.41 Å². The van der Waals surface area contributed by atoms with Gasteiger partial charge >= 0.3 is 0 Å². The minimum Gasteiger partial charge on any atom is -0.377 e. The second-order valence-electron chi connectivity index (χ2n) is 3.79. The standard InChI is InChI=1S/C9H12N2O2/c10-4-9(5-13-6-9)8(12)11-7-2-1-3-7/h7H,1-3,5-6H2,(H,11,12). The molecule has 2 fully saturated rings. The Bertz CT molecular complexity index is 261. The zero-order valence-corrected chi connectivity index (χ0v) is 7.38. The average Bonchev–Trinajstić information content (AvgIpc) is 1.96. The molecule has 70 valence electrons. The lowest BCUT2D eigenvalue weighted by Gasteiger charge is -2.36. The first kappa shape index (κ1) is 8.52. The van der Waals surface area contributed by atoms with Crippen molar-refractivity contribution in [2.24, 2.45) is 5.41 Å². The molecule has 1 N–H and O–H groups in total. The Morgan fingerprint density at radius 1 is 1.54 bits per heavy atom. The molecule has 1 heterocycles. The van der Waals surface area contributed by atoms with E-state index < -0.39 is 5.41 Å². The van der Waals surface area contributed by atoms with E-state index in [0.29, 0.717) is 6.04 Å². The molecule has 13 heavy (non-hydrogen) atoms. The van der Waals surface area contributed by atoms with E-state index in [9.17, 15) is 4.79 Å². The molecule has 1 saturated heterocycles. The predicted octanol–water partition coefficient (Wildman–Crippen LogP) is 0.195. The van der Waals surface area contributed by atoms with Crippen molar-refractivity contribution in [3.63, 3.8) is 0 Å². The third kappa shape index (κ3) is 1.29. The number of carbonyl (C=O) groups is 1. The normalized spacial score (nSPS) is 25.2. The largest absolute Gasteiger partial charge is 0.377 e. The van der Waals surface area contributed by atoms with Crippen LogP contribution in [0.5, 0.6) is 0 Å². The quantitative estimate of drug-likeness (QED) is 0.660. The fraction of sp³-hybridized carbons (Fsp3) is 0.778. The van der Waals surface area contributed by atoms with Crippen molar-refractivity contribution in [2.75, 3.05) is 13.2 Å². The summed E-state index contributed by atoms with van der Waals surface area (Å²) in [6.45, 7) is 0.504. The molecule has 0 bridgehead atoms. The van der Waals surface area contributed by atoms with Crippen LogP contribution in [0.2, 0.25) is 0 Å². The van der Waals surface area contributed by atoms with Crippen molar-refractivity contribution >= 4 is 5.91 Å². The van der Waals surface area contributed by atoms with Gasteiger partial charge in [-0.3, -0.25) is 4.79 Å². The molecule has 2 aliphatic rings. The highest BCUT2D eigenvalue weighted by molar-refractivity contribution is 5.86. The minimum absolute atomic E-state index is 0.147. The number of carbonyl (C=O) groups excluding carboxylic acids is 1. The van der Waals surface area contributed by atoms with Crippen LogP contribution in [-0.4, -0.2) is 25.2 Å². The van der Waals surface area contributed by atoms with E-state index in [-0.39, 0.29) is 19.1 Å². The lowest BCUT2D eigenvalue weighted by Crippen LogP contribution is -2.56. The molecule has 2 rings (SSSR count). The van der Waals surface area contributed by atoms with Gasteiger partial charge in [0.2, 0.25) is 5.91 Å². The van der Waals surface area contributed by atoms with Gasteiger partial charge in [0.1, 0.15) is 0 Å². The number of nitrogens with zero attached hydrogens (tertiary/aromatic N) is 1. The van der Waals surface area contributed by atoms with Crippen LogP contribution >= 0.6 is 0 Å². The smallest absolute Gasteiger partial charge is 0.245 e. The predicted molar refractivity (Wildman–Crippen MR) is 44.6 cm³/mol. The zero-order valence-electron chi connectivity index (χ0n) is 7.38. The van der Waals surface area contributed by atoms with Crippen LogP contribution < -0.4 is 5.32 Å². The summed E-state index contributed by atoms with van der Waals surface area (Å²) < 4.78 is 4.90. The molecule has 1 aliphatic carbocycles. The molecule has 0 unspecified atom stereocenters. The van der Waals surface area contributed by atoms with Crippen molar-refractivity contribution in [3.8, 4) is 6.07 Å². The molecule has 0 aromatic carbocycles. The van der Waals surface area contributed by atoms with E-state index in [1.807, 2.05) is 6.07 Å². The Balaban J connectivity index is 1.91. The van der Waals surface area contributed by atoms with Crippen LogP contribution in [0.3, 0.4) is 0 Å². The summed E-state index contributed by atoms with van der Waals surface area (Å²) in [5.41, 5.74) is -0.879. The third-order valence-electron chi connectivity index (χ3n) is 2.79. The molecule has 0 atom stereocenters. The van der Waals surface area contributed by atoms with Crippen molar-refractivity contribution in [3.05, 3.63) is 0 Å². The lowest BCUT2D eigenvalue weighted by molar-refractivity contribution is -0.151. The van der Waals surface area contributed by atoms with E-state index in [1.54, 1.807) is 0 Å². The molecule has 1 aliphatic heterocycles. The Hall–Kier alpha value is -1.08. The van der Waals surface area contributed by atoms with Gasteiger partial charge in [0.25, 0.3) is 0 Å². The number of rotatable bonds is 2. The average molecular weight is 180 g/mol. The molecule has 0 radical (unpaired) electrons. The molecule has 0 spiro atoms. The first-order chi connectivity index (χ1) is 6.27. The van der Waals surface area contributed by atoms with Crippen LogP contribution in [0.1, 0.15) is 19.3 Å². The Morgan fingerprint density at radius 2 is 2.23 bits per heavy atom. The van der Waals surface area contributed by atoms with Crippen LogP contribution in [-0.2, 0) is 9.53 Å². The maximum Gasteiger partial charge on any atom is 0.245 e. The fourth-order valence-electron chi connectivity index (χ4n) is 1.43. The maximum absolute atomic E-state index is 11.6. The molecule has 0 aromatic heterocycles. The van der Waals surface area contributed by atoms with Crippen molar-refractivity contribution in [1.82, 2.24) is 5.32 Å². The first-order valence-electron chi connectivity index (χ1n) is 4.57. The summed E-state index contributed by atoms with van der Waals surface area (Å²) in [6, 6.07) is 2.34. The van der Waals surface area contributed by atoms with Gasteiger partial charge in [-0.1, -0.05) is 0 Å². The number of nitriles is 1. The number of ether oxygens (including phenoxy) is 1. The molecule has 1 amide bonds. The highest BCUT2D eigenvalue weighted by Gasteiger charge is 2.47. The van der Waals surface area contributed by atoms with Gasteiger partial charge in [-0.15, -0.1) is 0 Å². The van der Waals surface area contributed by atoms with E-state index in [4.69, 9.17) is 10.00 Å². The summed E-state index contributed by atoms with van der Waals surface area (Å²) in [5.74, 6) is -0.147. The zero-order chi connectivity index (χ0) is 9.31. The minimum atomic E-state index is -0.879. The van der Waals surface area contributed by atoms with Crippen LogP contribution in [0.4, 0.5) is 0 Å². The summed E-state index contributed by atoms with van der Waals surface area (Å²) in [5, 5.41) is 11.7. The lowest BCUT2D eigenvalue weighted by atomic mass is 9.85. The van der Waals surface area contributed by atoms with E-state index in [0.717, 1.165) is 12.8 Å². The summed E-state index contributed by atoms with van der Waals surface area (Å²) in [4.78, 5) is 11.6. The molecule has 4 heteroatoms. The molecule has 1 saturated carbocycles. The van der Waals surface area contributed by atoms with Crippen molar-refractivity contribution < 1.29 is 9.53 Å². The highest BCUT2D eigenvalue weighted by Crippen LogP contribution is 2.28. The molecular formula is C9H12N2O2. The second-order valence-corrected chi connectivity index (χ2v) is 3.79. The topological polar surface area (TPSA) is 62.1 Å². The second kappa shape index (κ2) is 3.00. The van der Waals surface area contributed by atoms with Crippen LogP contribution in [0.15, 0.2) is 0 Å². The molecule has 0 aromatic rings. The van der Waals surface area contributed by atoms with E-state index >= 15 is 0 Å². The number of nitrogens with one attached hydrogen (secondary N) is 1. The monoisotopic (exact) mass is 180 g/mol. The van der Waals surface area contributed by atoms with Gasteiger partial charge in [0.05, 0.1) is 19.3 Å². The highest BCUT2D eigenvalue weighted by atomic mass is 16.5. The van der Waals surface area contributed by atoms with Gasteiger partial charge in [-0.25, -0.2) is 0 Å². The third-order valence-corrected chi connectivity index (χ3v) is 2.79. The van der Waals surface area contributed by atoms with Crippen molar-refractivity contribution in [1.29, 1.82) is 5.26 Å². The Morgan fingerprint density at radius 3 is 2.54 bits per heavy atom. The fourth-order valence-corrected chi connectivity index (χ4v) is 1.43. The van der Waals surface area contributed by atoms with Gasteiger partial charge < -0.3 is 10.1 Å². The van der Waals surface area contributed by atoms with Crippen LogP contribution in [0, 0.1) is 16.7 Å². The number of hydrogen-bond donors (Lipinski definition) is 1. The van der Waals surface area contributed by atoms with Crippen LogP contribution in [0.25, 0.3) is 0 Å². The summed E-state index contributed by atoms with van der Waals surface area (Å²) in [6.07, 6.45) is 3.28. The molecular weight excluding hydrogens is 168 g/mol. The summed E-state index contributed by atoms with van der Waals surface area (Å²) >= 11 is 0. The SMILES string of the molecule is N#CC1(C(=O)NC2CCC2)COC1. The Kier molecular flexibility index (Phi) is 1.97. The number of hydrogen-bond acceptors (Lipinski definition) is 3. The van der Waals surface area contributed by atoms with Gasteiger partial charge in [-0.05, 0) is 19.3 Å². The van der Waals surface area contributed by atoms with Gasteiger partial charge in [-0.2, -0.15) is 5.26 Å². The van der Waals surface area contributed by atoms with E-state index in [1.165, 1.54) is 6.42 Å². The van der Waals surface area contributed by atoms with Gasteiger partial charge in [0, 0.05) is 6.04 Å². The van der Waals surface area contributed by atoms with E-state index in [2.05, 4.69) is 5.32 Å². The molecule has 4 nitrogen and oxygen atoms in total. The first-order valence-corrected chi connectivity index (χ1v) is 4.57. The summed E-state index contributed by atoms with van der Waals surface area (Å²) in [7, 11) is 0. The Labute approximate surface area is 76.9 Å². The maximum atomic E-state index is 11.6.